The molecule has 0 saturated heterocycles. The van der Waals surface area contributed by atoms with Gasteiger partial charge in [0, 0.05) is 36.2 Å². The second kappa shape index (κ2) is 10.3. The summed E-state index contributed by atoms with van der Waals surface area (Å²) in [5.74, 6) is -0.358. The summed E-state index contributed by atoms with van der Waals surface area (Å²) in [6, 6.07) is 19.3. The second-order valence-corrected chi connectivity index (χ2v) is 8.53. The van der Waals surface area contributed by atoms with Crippen LogP contribution in [-0.2, 0) is 16.1 Å². The first-order valence-electron chi connectivity index (χ1n) is 10.8. The molecule has 0 aliphatic carbocycles. The molecule has 4 rings (SSSR count). The third-order valence-electron chi connectivity index (χ3n) is 5.32. The molecule has 2 aromatic carbocycles. The number of aromatic nitrogens is 3. The van der Waals surface area contributed by atoms with Crippen molar-refractivity contribution >= 4 is 40.0 Å². The molecular weight excluding hydrogens is 446 g/mol. The van der Waals surface area contributed by atoms with Gasteiger partial charge in [-0.05, 0) is 44.2 Å². The van der Waals surface area contributed by atoms with Crippen molar-refractivity contribution in [3.8, 4) is 5.69 Å². The summed E-state index contributed by atoms with van der Waals surface area (Å²) in [5, 5.41) is 9.91. The van der Waals surface area contributed by atoms with E-state index in [-0.39, 0.29) is 11.8 Å². The molecule has 0 fully saturated rings. The summed E-state index contributed by atoms with van der Waals surface area (Å²) < 4.78 is 1.89. The zero-order valence-electron chi connectivity index (χ0n) is 19.2. The molecule has 0 aliphatic rings. The predicted octanol–water partition coefficient (Wildman–Crippen LogP) is 4.96. The van der Waals surface area contributed by atoms with Gasteiger partial charge in [0.25, 0.3) is 0 Å². The molecule has 0 unspecified atom stereocenters. The van der Waals surface area contributed by atoms with Gasteiger partial charge in [0.1, 0.15) is 0 Å². The van der Waals surface area contributed by atoms with Crippen LogP contribution in [0, 0.1) is 13.8 Å². The van der Waals surface area contributed by atoms with Crippen LogP contribution >= 0.6 is 11.3 Å². The summed E-state index contributed by atoms with van der Waals surface area (Å²) in [6.45, 7) is 5.81. The van der Waals surface area contributed by atoms with Gasteiger partial charge in [-0.1, -0.05) is 36.4 Å². The highest BCUT2D eigenvalue weighted by molar-refractivity contribution is 7.14. The van der Waals surface area contributed by atoms with Gasteiger partial charge in [0.2, 0.25) is 11.8 Å². The Morgan fingerprint density at radius 1 is 1.06 bits per heavy atom. The quantitative estimate of drug-likeness (QED) is 0.386. The van der Waals surface area contributed by atoms with Crippen LogP contribution in [0.15, 0.2) is 72.1 Å². The smallest absolute Gasteiger partial charge is 0.244 e. The molecular formula is C26H25N5O2S. The maximum atomic E-state index is 12.4. The average molecular weight is 472 g/mol. The number of nitrogens with zero attached hydrogens (tertiary/aromatic N) is 4. The number of carbonyl (C=O) groups excluding carboxylic acids is 2. The van der Waals surface area contributed by atoms with Gasteiger partial charge < -0.3 is 5.32 Å². The number of aryl methyl sites for hydroxylation is 1. The van der Waals surface area contributed by atoms with Crippen LogP contribution in [0.1, 0.15) is 29.6 Å². The molecule has 7 nitrogen and oxygen atoms in total. The number of amides is 2. The van der Waals surface area contributed by atoms with Gasteiger partial charge in [-0.25, -0.2) is 9.67 Å². The van der Waals surface area contributed by atoms with Gasteiger partial charge >= 0.3 is 0 Å². The number of nitrogens with one attached hydrogen (secondary N) is 1. The van der Waals surface area contributed by atoms with Crippen LogP contribution in [0.3, 0.4) is 0 Å². The van der Waals surface area contributed by atoms with Crippen molar-refractivity contribution in [3.63, 3.8) is 0 Å². The maximum absolute atomic E-state index is 12.4. The Morgan fingerprint density at radius 3 is 2.41 bits per heavy atom. The summed E-state index contributed by atoms with van der Waals surface area (Å²) in [6.07, 6.45) is 3.09. The summed E-state index contributed by atoms with van der Waals surface area (Å²) in [7, 11) is 0. The monoisotopic (exact) mass is 471 g/mol. The largest absolute Gasteiger partial charge is 0.348 e. The van der Waals surface area contributed by atoms with E-state index in [1.165, 1.54) is 24.3 Å². The summed E-state index contributed by atoms with van der Waals surface area (Å²) >= 11 is 1.35. The lowest BCUT2D eigenvalue weighted by molar-refractivity contribution is -0.117. The van der Waals surface area contributed by atoms with Gasteiger partial charge in [0.05, 0.1) is 22.8 Å². The molecule has 4 aromatic rings. The SMILES string of the molecule is CC(=O)N(c1ccccc1)c1nc(/C=C/C(=O)NCc2c(C)nn(-c3ccccc3)c2C)cs1. The van der Waals surface area contributed by atoms with Gasteiger partial charge in [0.15, 0.2) is 5.13 Å². The Balaban J connectivity index is 1.41. The molecule has 34 heavy (non-hydrogen) atoms. The molecule has 8 heteroatoms. The van der Waals surface area contributed by atoms with E-state index in [1.54, 1.807) is 11.0 Å². The molecule has 0 atom stereocenters. The number of anilines is 2. The molecule has 0 radical (unpaired) electrons. The third kappa shape index (κ3) is 5.13. The van der Waals surface area contributed by atoms with Crippen molar-refractivity contribution < 1.29 is 9.59 Å². The predicted molar refractivity (Wildman–Crippen MR) is 135 cm³/mol. The number of rotatable bonds is 7. The van der Waals surface area contributed by atoms with E-state index in [0.29, 0.717) is 17.4 Å². The average Bonchev–Trinajstić information content (AvgIpc) is 3.41. The topological polar surface area (TPSA) is 80.1 Å². The summed E-state index contributed by atoms with van der Waals surface area (Å²) in [5.41, 5.74) is 5.19. The molecule has 172 valence electrons. The lowest BCUT2D eigenvalue weighted by Gasteiger charge is -2.17. The first kappa shape index (κ1) is 23.1. The maximum Gasteiger partial charge on any atom is 0.244 e. The standard InChI is InChI=1S/C26H25N5O2S/c1-18-24(19(2)31(29-18)23-12-8-5-9-13-23)16-27-25(33)15-14-21-17-34-26(28-21)30(20(3)32)22-10-6-4-7-11-22/h4-15,17H,16H2,1-3H3,(H,27,33)/b15-14+. The van der Waals surface area contributed by atoms with E-state index < -0.39 is 0 Å². The lowest BCUT2D eigenvalue weighted by Crippen LogP contribution is -2.22. The minimum atomic E-state index is -0.229. The normalized spacial score (nSPS) is 11.0. The molecule has 0 aliphatic heterocycles. The van der Waals surface area contributed by atoms with Crippen LogP contribution in [0.25, 0.3) is 11.8 Å². The van der Waals surface area contributed by atoms with E-state index in [9.17, 15) is 9.59 Å². The molecule has 1 N–H and O–H groups in total. The highest BCUT2D eigenvalue weighted by atomic mass is 32.1. The fourth-order valence-corrected chi connectivity index (χ4v) is 4.46. The minimum absolute atomic E-state index is 0.129. The van der Waals surface area contributed by atoms with E-state index in [4.69, 9.17) is 0 Å². The van der Waals surface area contributed by atoms with Gasteiger partial charge in [-0.15, -0.1) is 11.3 Å². The van der Waals surface area contributed by atoms with Crippen molar-refractivity contribution in [2.75, 3.05) is 4.90 Å². The molecule has 0 spiro atoms. The van der Waals surface area contributed by atoms with E-state index in [2.05, 4.69) is 15.4 Å². The number of thiazole rings is 1. The molecule has 0 bridgehead atoms. The number of carbonyl (C=O) groups is 2. The fourth-order valence-electron chi connectivity index (χ4n) is 3.61. The molecule has 2 amide bonds. The summed E-state index contributed by atoms with van der Waals surface area (Å²) in [4.78, 5) is 30.7. The van der Waals surface area contributed by atoms with E-state index in [1.807, 2.05) is 84.6 Å². The Bertz CT molecular complexity index is 1330. The van der Waals surface area contributed by atoms with Crippen LogP contribution in [0.5, 0.6) is 0 Å². The highest BCUT2D eigenvalue weighted by Crippen LogP contribution is 2.29. The minimum Gasteiger partial charge on any atom is -0.348 e. The van der Waals surface area contributed by atoms with Crippen LogP contribution in [0.4, 0.5) is 10.8 Å². The highest BCUT2D eigenvalue weighted by Gasteiger charge is 2.17. The molecule has 0 saturated carbocycles. The van der Waals surface area contributed by atoms with Crippen LogP contribution < -0.4 is 10.2 Å². The van der Waals surface area contributed by atoms with E-state index in [0.717, 1.165) is 28.3 Å². The number of hydrogen-bond acceptors (Lipinski definition) is 5. The zero-order valence-corrected chi connectivity index (χ0v) is 20.0. The van der Waals surface area contributed by atoms with E-state index >= 15 is 0 Å². The Kier molecular flexibility index (Phi) is 6.98. The zero-order chi connectivity index (χ0) is 24.1. The third-order valence-corrected chi connectivity index (χ3v) is 6.16. The Hall–Kier alpha value is -4.04. The number of benzene rings is 2. The molecule has 2 aromatic heterocycles. The van der Waals surface area contributed by atoms with Crippen molar-refractivity contribution in [2.45, 2.75) is 27.3 Å². The first-order valence-corrected chi connectivity index (χ1v) is 11.7. The van der Waals surface area contributed by atoms with Crippen LogP contribution in [0.2, 0.25) is 0 Å². The fraction of sp³-hybridized carbons (Fsp3) is 0.154. The van der Waals surface area contributed by atoms with Crippen molar-refractivity contribution in [1.29, 1.82) is 0 Å². The lowest BCUT2D eigenvalue weighted by atomic mass is 10.2. The molecule has 2 heterocycles. The van der Waals surface area contributed by atoms with Crippen molar-refractivity contribution in [3.05, 3.63) is 94.8 Å². The Labute approximate surface area is 202 Å². The second-order valence-electron chi connectivity index (χ2n) is 7.69. The number of para-hydroxylation sites is 2. The van der Waals surface area contributed by atoms with Gasteiger partial charge in [-0.3, -0.25) is 14.5 Å². The van der Waals surface area contributed by atoms with Crippen molar-refractivity contribution in [2.24, 2.45) is 0 Å². The Morgan fingerprint density at radius 2 is 1.74 bits per heavy atom. The van der Waals surface area contributed by atoms with Crippen LogP contribution in [-0.4, -0.2) is 26.6 Å². The first-order chi connectivity index (χ1) is 16.4. The number of hydrogen-bond donors (Lipinski definition) is 1. The van der Waals surface area contributed by atoms with Gasteiger partial charge in [-0.2, -0.15) is 5.10 Å². The van der Waals surface area contributed by atoms with Crippen molar-refractivity contribution in [1.82, 2.24) is 20.1 Å².